The van der Waals surface area contributed by atoms with Crippen molar-refractivity contribution in [1.29, 1.82) is 0 Å². The van der Waals surface area contributed by atoms with Gasteiger partial charge < -0.3 is 10.1 Å². The van der Waals surface area contributed by atoms with Gasteiger partial charge in [-0.2, -0.15) is 0 Å². The molecule has 0 saturated heterocycles. The average Bonchev–Trinajstić information content (AvgIpc) is 3.03. The van der Waals surface area contributed by atoms with Gasteiger partial charge in [-0.05, 0) is 52.0 Å². The Morgan fingerprint density at radius 1 is 1.12 bits per heavy atom. The first-order chi connectivity index (χ1) is 12.5. The Hall–Kier alpha value is -2.11. The topological polar surface area (TPSA) is 33.6 Å². The summed E-state index contributed by atoms with van der Waals surface area (Å²) in [6.07, 6.45) is 0. The average molecular weight is 383 g/mol. The summed E-state index contributed by atoms with van der Waals surface area (Å²) in [5.74, 6) is 0.833. The number of rotatable bonds is 3. The van der Waals surface area contributed by atoms with E-state index in [-0.39, 0.29) is 5.54 Å². The number of para-hydroxylation sites is 2. The summed E-state index contributed by atoms with van der Waals surface area (Å²) in [5, 5.41) is 3.68. The van der Waals surface area contributed by atoms with Crippen LogP contribution < -0.4 is 14.7 Å². The van der Waals surface area contributed by atoms with E-state index in [9.17, 15) is 0 Å². The summed E-state index contributed by atoms with van der Waals surface area (Å²) in [5.41, 5.74) is 5.71. The minimum Gasteiger partial charge on any atom is -0.492 e. The first-order valence-electron chi connectivity index (χ1n) is 8.79. The summed E-state index contributed by atoms with van der Waals surface area (Å²) < 4.78 is 6.82. The van der Waals surface area contributed by atoms with Crippen molar-refractivity contribution < 1.29 is 4.74 Å². The van der Waals surface area contributed by atoms with E-state index in [0.29, 0.717) is 6.61 Å². The van der Waals surface area contributed by atoms with Gasteiger partial charge in [-0.25, -0.2) is 4.99 Å². The molecule has 0 fully saturated rings. The van der Waals surface area contributed by atoms with Gasteiger partial charge in [-0.3, -0.25) is 0 Å². The normalized spacial score (nSPS) is 15.2. The fourth-order valence-corrected chi connectivity index (χ4v) is 6.22. The van der Waals surface area contributed by atoms with Crippen molar-refractivity contribution >= 4 is 32.1 Å². The molecule has 0 radical (unpaired) electrons. The second-order valence-corrected chi connectivity index (χ2v) is 9.12. The molecule has 1 aliphatic rings. The van der Waals surface area contributed by atoms with Gasteiger partial charge in [0.05, 0.1) is 17.0 Å². The Kier molecular flexibility index (Phi) is 4.37. The molecule has 1 aliphatic heterocycles. The van der Waals surface area contributed by atoms with Crippen LogP contribution in [0.4, 0.5) is 11.4 Å². The van der Waals surface area contributed by atoms with Crippen molar-refractivity contribution in [3.05, 3.63) is 57.6 Å². The smallest absolute Gasteiger partial charge is 0.144 e. The number of hydrogen-bond donors (Lipinski definition) is 1. The number of fused-ring (bicyclic) bond motifs is 3. The standard InChI is InChI=1S/C21H22N2OS2/c1-5-24-17-9-7-6-8-16(17)22-20-18-14-12-13(2)10-11-15(14)23-21(3,4)19(18)25-26-20/h6-12,23H,5H2,1-4H3. The van der Waals surface area contributed by atoms with E-state index in [4.69, 9.17) is 9.73 Å². The SMILES string of the molecule is CCOc1ccccc1N=c1ssc2c1-c1cc(C)ccc1NC2(C)C. The highest BCUT2D eigenvalue weighted by atomic mass is 32.9. The van der Waals surface area contributed by atoms with Crippen molar-refractivity contribution in [2.45, 2.75) is 33.2 Å². The highest BCUT2D eigenvalue weighted by molar-refractivity contribution is 7.68. The van der Waals surface area contributed by atoms with Crippen LogP contribution in [0.2, 0.25) is 0 Å². The molecule has 26 heavy (non-hydrogen) atoms. The lowest BCUT2D eigenvalue weighted by Gasteiger charge is -2.33. The molecule has 0 atom stereocenters. The van der Waals surface area contributed by atoms with Crippen molar-refractivity contribution in [3.63, 3.8) is 0 Å². The molecule has 1 N–H and O–H groups in total. The third-order valence-electron chi connectivity index (χ3n) is 4.49. The maximum atomic E-state index is 5.76. The third kappa shape index (κ3) is 2.95. The van der Waals surface area contributed by atoms with Crippen molar-refractivity contribution in [2.75, 3.05) is 11.9 Å². The fraction of sp³-hybridized carbons (Fsp3) is 0.286. The molecule has 2 aromatic carbocycles. The van der Waals surface area contributed by atoms with Gasteiger partial charge in [-0.15, -0.1) is 0 Å². The second kappa shape index (κ2) is 6.56. The van der Waals surface area contributed by atoms with Crippen LogP contribution in [0, 0.1) is 6.92 Å². The van der Waals surface area contributed by atoms with Crippen LogP contribution in [0.5, 0.6) is 5.75 Å². The van der Waals surface area contributed by atoms with Crippen LogP contribution in [-0.4, -0.2) is 6.61 Å². The van der Waals surface area contributed by atoms with Gasteiger partial charge in [0, 0.05) is 16.8 Å². The van der Waals surface area contributed by atoms with E-state index in [0.717, 1.165) is 16.1 Å². The molecule has 0 unspecified atom stereocenters. The monoisotopic (exact) mass is 382 g/mol. The quantitative estimate of drug-likeness (QED) is 0.557. The summed E-state index contributed by atoms with van der Waals surface area (Å²) in [6, 6.07) is 14.6. The van der Waals surface area contributed by atoms with Crippen molar-refractivity contribution in [3.8, 4) is 16.9 Å². The molecule has 0 spiro atoms. The molecule has 2 heterocycles. The second-order valence-electron chi connectivity index (χ2n) is 6.99. The predicted octanol–water partition coefficient (Wildman–Crippen LogP) is 6.08. The lowest BCUT2D eigenvalue weighted by atomic mass is 9.89. The number of anilines is 1. The van der Waals surface area contributed by atoms with Gasteiger partial charge >= 0.3 is 0 Å². The highest BCUT2D eigenvalue weighted by Crippen LogP contribution is 2.45. The molecule has 0 bridgehead atoms. The van der Waals surface area contributed by atoms with Gasteiger partial charge in [0.15, 0.2) is 0 Å². The zero-order chi connectivity index (χ0) is 18.3. The first-order valence-corrected chi connectivity index (χ1v) is 10.9. The molecule has 4 rings (SSSR count). The van der Waals surface area contributed by atoms with Gasteiger partial charge in [0.1, 0.15) is 16.1 Å². The lowest BCUT2D eigenvalue weighted by molar-refractivity contribution is 0.341. The number of nitrogens with zero attached hydrogens (tertiary/aromatic N) is 1. The molecule has 0 aliphatic carbocycles. The Labute approximate surface area is 161 Å². The van der Waals surface area contributed by atoms with Gasteiger partial charge in [-0.1, -0.05) is 44.4 Å². The Morgan fingerprint density at radius 3 is 2.73 bits per heavy atom. The molecule has 5 heteroatoms. The molecule has 0 saturated carbocycles. The highest BCUT2D eigenvalue weighted by Gasteiger charge is 2.33. The van der Waals surface area contributed by atoms with Crippen LogP contribution in [0.25, 0.3) is 11.1 Å². The maximum Gasteiger partial charge on any atom is 0.144 e. The zero-order valence-electron chi connectivity index (χ0n) is 15.4. The molecule has 134 valence electrons. The van der Waals surface area contributed by atoms with Crippen LogP contribution in [0.3, 0.4) is 0 Å². The zero-order valence-corrected chi connectivity index (χ0v) is 17.1. The van der Waals surface area contributed by atoms with Crippen LogP contribution in [0.1, 0.15) is 31.2 Å². The molecular weight excluding hydrogens is 360 g/mol. The van der Waals surface area contributed by atoms with Crippen LogP contribution >= 0.6 is 20.7 Å². The predicted molar refractivity (Wildman–Crippen MR) is 112 cm³/mol. The Bertz CT molecular complexity index is 1030. The van der Waals surface area contributed by atoms with Crippen molar-refractivity contribution in [1.82, 2.24) is 0 Å². The summed E-state index contributed by atoms with van der Waals surface area (Å²) in [4.78, 5) is 6.34. The van der Waals surface area contributed by atoms with Gasteiger partial charge in [0.2, 0.25) is 0 Å². The van der Waals surface area contributed by atoms with E-state index in [1.165, 1.54) is 27.3 Å². The summed E-state index contributed by atoms with van der Waals surface area (Å²) in [7, 11) is 3.55. The van der Waals surface area contributed by atoms with E-state index >= 15 is 0 Å². The Morgan fingerprint density at radius 2 is 1.92 bits per heavy atom. The lowest BCUT2D eigenvalue weighted by Crippen LogP contribution is -2.31. The maximum absolute atomic E-state index is 5.76. The summed E-state index contributed by atoms with van der Waals surface area (Å²) in [6.45, 7) is 9.23. The number of benzene rings is 2. The van der Waals surface area contributed by atoms with Crippen LogP contribution in [0.15, 0.2) is 47.5 Å². The van der Waals surface area contributed by atoms with Gasteiger partial charge in [0.25, 0.3) is 0 Å². The number of nitrogens with one attached hydrogen (secondary N) is 1. The number of ether oxygens (including phenoxy) is 1. The Balaban J connectivity index is 1.96. The first kappa shape index (κ1) is 17.3. The molecule has 0 amide bonds. The largest absolute Gasteiger partial charge is 0.492 e. The van der Waals surface area contributed by atoms with E-state index < -0.39 is 0 Å². The third-order valence-corrected chi connectivity index (χ3v) is 7.13. The number of hydrogen-bond acceptors (Lipinski definition) is 5. The van der Waals surface area contributed by atoms with E-state index in [1.54, 1.807) is 10.3 Å². The van der Waals surface area contributed by atoms with E-state index in [1.807, 2.05) is 41.5 Å². The number of aryl methyl sites for hydroxylation is 1. The summed E-state index contributed by atoms with van der Waals surface area (Å²) >= 11 is 0. The van der Waals surface area contributed by atoms with Crippen LogP contribution in [-0.2, 0) is 5.54 Å². The van der Waals surface area contributed by atoms with E-state index in [2.05, 4.69) is 44.3 Å². The molecule has 3 aromatic rings. The minimum atomic E-state index is -0.105. The van der Waals surface area contributed by atoms with Crippen molar-refractivity contribution in [2.24, 2.45) is 4.99 Å². The molecule has 1 aromatic heterocycles. The molecular formula is C21H22N2OS2. The minimum absolute atomic E-state index is 0.105. The molecule has 3 nitrogen and oxygen atoms in total. The fourth-order valence-electron chi connectivity index (χ4n) is 3.29.